The van der Waals surface area contributed by atoms with E-state index in [1.54, 1.807) is 0 Å². The highest BCUT2D eigenvalue weighted by Crippen LogP contribution is 2.40. The molecule has 6 heteroatoms. The Bertz CT molecular complexity index is 4360. The summed E-state index contributed by atoms with van der Waals surface area (Å²) in [6.07, 6.45) is 4.59. The smallest absolute Gasteiger partial charge is 0.248 e. The molecule has 14 aromatic rings. The summed E-state index contributed by atoms with van der Waals surface area (Å²) in [5.41, 5.74) is 19.7. The van der Waals surface area contributed by atoms with Crippen molar-refractivity contribution in [3.63, 3.8) is 0 Å². The summed E-state index contributed by atoms with van der Waals surface area (Å²) in [6.45, 7) is 15.8. The van der Waals surface area contributed by atoms with Gasteiger partial charge in [0.2, 0.25) is 11.8 Å². The molecule has 4 heterocycles. The number of aromatic nitrogens is 4. The maximum atomic E-state index is 6.38. The molecule has 404 valence electrons. The molecule has 14 rings (SSSR count). The van der Waals surface area contributed by atoms with Crippen LogP contribution in [0.2, 0.25) is 0 Å². The molecule has 0 aliphatic carbocycles. The second kappa shape index (κ2) is 21.7. The molecular weight excluding hydrogens is 1000 g/mol. The van der Waals surface area contributed by atoms with Gasteiger partial charge in [0.25, 0.3) is 0 Å². The minimum absolute atomic E-state index is 0.120. The van der Waals surface area contributed by atoms with E-state index in [0.29, 0.717) is 17.7 Å². The molecule has 0 aliphatic heterocycles. The lowest BCUT2D eigenvalue weighted by Crippen LogP contribution is -2.10. The van der Waals surface area contributed by atoms with Crippen molar-refractivity contribution in [3.8, 4) is 56.5 Å². The fraction of sp³-hybridized carbons (Fsp3) is 0.184. The summed E-state index contributed by atoms with van der Waals surface area (Å²) in [4.78, 5) is 0. The lowest BCUT2D eigenvalue weighted by Gasteiger charge is -2.18. The van der Waals surface area contributed by atoms with E-state index in [9.17, 15) is 0 Å². The summed E-state index contributed by atoms with van der Waals surface area (Å²) in [5.74, 6) is 2.44. The number of furan rings is 1. The molecule has 0 saturated carbocycles. The fourth-order valence-corrected chi connectivity index (χ4v) is 11.9. The van der Waals surface area contributed by atoms with E-state index in [4.69, 9.17) is 8.83 Å². The van der Waals surface area contributed by atoms with Crippen molar-refractivity contribution < 1.29 is 8.83 Å². The van der Waals surface area contributed by atoms with Crippen LogP contribution in [-0.2, 0) is 18.3 Å². The van der Waals surface area contributed by atoms with Crippen LogP contribution in [0.1, 0.15) is 78.0 Å². The highest BCUT2D eigenvalue weighted by atomic mass is 16.4. The Morgan fingerprint density at radius 2 is 0.756 bits per heavy atom. The van der Waals surface area contributed by atoms with Crippen LogP contribution in [0.5, 0.6) is 0 Å². The van der Waals surface area contributed by atoms with Crippen LogP contribution in [0.3, 0.4) is 0 Å². The Hall–Kier alpha value is -9.26. The van der Waals surface area contributed by atoms with Crippen LogP contribution in [-0.4, -0.2) is 19.3 Å². The zero-order valence-electron chi connectivity index (χ0n) is 48.0. The highest BCUT2D eigenvalue weighted by molar-refractivity contribution is 6.11. The largest absolute Gasteiger partial charge is 0.456 e. The summed E-state index contributed by atoms with van der Waals surface area (Å²) in [6, 6.07) is 81.0. The van der Waals surface area contributed by atoms with E-state index in [0.717, 1.165) is 68.9 Å². The van der Waals surface area contributed by atoms with Gasteiger partial charge in [-0.1, -0.05) is 195 Å². The Kier molecular flexibility index (Phi) is 13.8. The first-order valence-corrected chi connectivity index (χ1v) is 29.2. The van der Waals surface area contributed by atoms with Gasteiger partial charge in [0.15, 0.2) is 0 Å². The standard InChI is InChI=1S/C47H36N2O.C29H32N2O/c1-3-30(2)24-31-20-22-46-40(25-31)41-28-32(21-23-47(41)50-46)33-26-34(48-42-16-8-4-12-36(42)37-13-5-9-17-43(37)48)29-35(27-33)49-44-18-10-6-14-38(44)39-15-7-11-19-45(39)49;1-6-20(2)19-21-7-9-22(10-8-21)23-11-13-24(14-12-23)27-30-31-28(32-27)25-15-17-26(18-16-25)29(3,4)5/h4-23,25-30H,3,24H2,1-2H3;7-18,20H,6,19H2,1-5H3. The number of benzene rings is 10. The number of hydrogen-bond donors (Lipinski definition) is 0. The summed E-state index contributed by atoms with van der Waals surface area (Å²) >= 11 is 0. The van der Waals surface area contributed by atoms with Crippen LogP contribution in [0.4, 0.5) is 0 Å². The first kappa shape index (κ1) is 52.1. The fourth-order valence-electron chi connectivity index (χ4n) is 11.9. The van der Waals surface area contributed by atoms with Crippen LogP contribution >= 0.6 is 0 Å². The molecule has 82 heavy (non-hydrogen) atoms. The monoisotopic (exact) mass is 1070 g/mol. The van der Waals surface area contributed by atoms with Crippen molar-refractivity contribution in [2.45, 2.75) is 79.6 Å². The van der Waals surface area contributed by atoms with E-state index in [-0.39, 0.29) is 5.41 Å². The van der Waals surface area contributed by atoms with Crippen molar-refractivity contribution in [1.82, 2.24) is 19.3 Å². The average molecular weight is 1070 g/mol. The molecule has 0 bridgehead atoms. The quantitative estimate of drug-likeness (QED) is 0.122. The molecule has 10 aromatic carbocycles. The van der Waals surface area contributed by atoms with Gasteiger partial charge in [0, 0.05) is 54.8 Å². The van der Waals surface area contributed by atoms with Gasteiger partial charge in [0.1, 0.15) is 11.2 Å². The van der Waals surface area contributed by atoms with Gasteiger partial charge < -0.3 is 18.0 Å². The van der Waals surface area contributed by atoms with Crippen LogP contribution in [0.15, 0.2) is 233 Å². The number of hydrogen-bond acceptors (Lipinski definition) is 4. The number of para-hydroxylation sites is 4. The molecular formula is C76H68N4O2. The molecule has 0 spiro atoms. The molecule has 0 radical (unpaired) electrons. The van der Waals surface area contributed by atoms with Gasteiger partial charge in [-0.15, -0.1) is 10.2 Å². The number of rotatable bonds is 12. The summed E-state index contributed by atoms with van der Waals surface area (Å²) in [7, 11) is 0. The Balaban J connectivity index is 0.000000171. The summed E-state index contributed by atoms with van der Waals surface area (Å²) in [5, 5.41) is 15.9. The van der Waals surface area contributed by atoms with Crippen LogP contribution < -0.4 is 0 Å². The van der Waals surface area contributed by atoms with Gasteiger partial charge in [-0.3, -0.25) is 0 Å². The molecule has 0 aliphatic rings. The minimum atomic E-state index is 0.120. The molecule has 0 saturated heterocycles. The normalized spacial score (nSPS) is 12.7. The van der Waals surface area contributed by atoms with Crippen molar-refractivity contribution >= 4 is 65.6 Å². The van der Waals surface area contributed by atoms with E-state index in [1.165, 1.54) is 89.7 Å². The lowest BCUT2D eigenvalue weighted by atomic mass is 9.87. The van der Waals surface area contributed by atoms with Crippen molar-refractivity contribution in [2.24, 2.45) is 11.8 Å². The first-order valence-electron chi connectivity index (χ1n) is 29.2. The van der Waals surface area contributed by atoms with Crippen molar-refractivity contribution in [2.75, 3.05) is 0 Å². The van der Waals surface area contributed by atoms with E-state index in [1.807, 2.05) is 24.3 Å². The van der Waals surface area contributed by atoms with Crippen molar-refractivity contribution in [1.29, 1.82) is 0 Å². The van der Waals surface area contributed by atoms with E-state index >= 15 is 0 Å². The van der Waals surface area contributed by atoms with Gasteiger partial charge in [-0.2, -0.15) is 0 Å². The van der Waals surface area contributed by atoms with Crippen LogP contribution in [0.25, 0.3) is 122 Å². The van der Waals surface area contributed by atoms with Gasteiger partial charge in [-0.25, -0.2) is 0 Å². The average Bonchev–Trinajstić information content (AvgIpc) is 4.47. The molecule has 2 unspecified atom stereocenters. The predicted octanol–water partition coefficient (Wildman–Crippen LogP) is 21.0. The van der Waals surface area contributed by atoms with Crippen LogP contribution in [0, 0.1) is 11.8 Å². The van der Waals surface area contributed by atoms with Gasteiger partial charge in [-0.05, 0) is 160 Å². The van der Waals surface area contributed by atoms with Crippen molar-refractivity contribution in [3.05, 3.63) is 241 Å². The molecule has 0 N–H and O–H groups in total. The van der Waals surface area contributed by atoms with E-state index < -0.39 is 0 Å². The maximum Gasteiger partial charge on any atom is 0.248 e. The highest BCUT2D eigenvalue weighted by Gasteiger charge is 2.20. The molecule has 0 fully saturated rings. The van der Waals surface area contributed by atoms with Gasteiger partial charge >= 0.3 is 0 Å². The topological polar surface area (TPSA) is 61.9 Å². The zero-order chi connectivity index (χ0) is 56.1. The molecule has 2 atom stereocenters. The second-order valence-electron chi connectivity index (χ2n) is 23.6. The Labute approximate surface area is 480 Å². The third-order valence-electron chi connectivity index (χ3n) is 16.9. The molecule has 6 nitrogen and oxygen atoms in total. The molecule has 0 amide bonds. The minimum Gasteiger partial charge on any atom is -0.456 e. The van der Waals surface area contributed by atoms with Gasteiger partial charge in [0.05, 0.1) is 22.1 Å². The summed E-state index contributed by atoms with van der Waals surface area (Å²) < 4.78 is 17.2. The molecule has 4 aromatic heterocycles. The lowest BCUT2D eigenvalue weighted by molar-refractivity contribution is 0.560. The Morgan fingerprint density at radius 3 is 1.23 bits per heavy atom. The first-order chi connectivity index (χ1) is 40.0. The number of nitrogens with zero attached hydrogens (tertiary/aromatic N) is 4. The maximum absolute atomic E-state index is 6.38. The van der Waals surface area contributed by atoms with E-state index in [2.05, 4.69) is 268 Å². The second-order valence-corrected chi connectivity index (χ2v) is 23.6. The third-order valence-corrected chi connectivity index (χ3v) is 16.9. The predicted molar refractivity (Wildman–Crippen MR) is 343 cm³/mol. The Morgan fingerprint density at radius 1 is 0.366 bits per heavy atom. The zero-order valence-corrected chi connectivity index (χ0v) is 48.0. The SMILES string of the molecule is CCC(C)Cc1ccc(-c2ccc(-c3nnc(-c4ccc(C(C)(C)C)cc4)o3)cc2)cc1.CCC(C)Cc1ccc2oc3ccc(-c4cc(-n5c6ccccc6c6ccccc65)cc(-n5c6ccccc6c6ccccc65)c4)cc3c2c1. The third kappa shape index (κ3) is 9.97. The number of fused-ring (bicyclic) bond motifs is 9.